The number of benzene rings is 1. The van der Waals surface area contributed by atoms with Gasteiger partial charge in [0, 0.05) is 25.2 Å². The molecule has 122 valence electrons. The van der Waals surface area contributed by atoms with E-state index < -0.39 is 6.61 Å². The van der Waals surface area contributed by atoms with E-state index in [0.717, 1.165) is 25.9 Å². The van der Waals surface area contributed by atoms with Crippen LogP contribution < -0.4 is 10.1 Å². The molecule has 0 unspecified atom stereocenters. The zero-order chi connectivity index (χ0) is 16.1. The Morgan fingerprint density at radius 2 is 1.91 bits per heavy atom. The second kappa shape index (κ2) is 7.54. The summed E-state index contributed by atoms with van der Waals surface area (Å²) in [5, 5.41) is 2.92. The lowest BCUT2D eigenvalue weighted by Gasteiger charge is -2.34. The van der Waals surface area contributed by atoms with Gasteiger partial charge in [-0.15, -0.1) is 0 Å². The minimum Gasteiger partial charge on any atom is -0.434 e. The molecular weight excluding hydrogens is 290 g/mol. The molecular formula is C16H22F2N2O2. The van der Waals surface area contributed by atoms with E-state index >= 15 is 0 Å². The van der Waals surface area contributed by atoms with Crippen LogP contribution in [0.3, 0.4) is 0 Å². The minimum atomic E-state index is -2.94. The van der Waals surface area contributed by atoms with Crippen LogP contribution in [-0.4, -0.2) is 42.6 Å². The van der Waals surface area contributed by atoms with Gasteiger partial charge >= 0.3 is 6.61 Å². The number of carbonyl (C=O) groups excluding carboxylic acids is 1. The third-order valence-electron chi connectivity index (χ3n) is 3.94. The molecule has 0 aliphatic carbocycles. The summed E-state index contributed by atoms with van der Waals surface area (Å²) in [5.41, 5.74) is 0.147. The molecule has 1 aliphatic heterocycles. The van der Waals surface area contributed by atoms with Crippen molar-refractivity contribution >= 4 is 5.91 Å². The Bertz CT molecular complexity index is 501. The van der Waals surface area contributed by atoms with E-state index in [2.05, 4.69) is 28.8 Å². The monoisotopic (exact) mass is 312 g/mol. The molecule has 1 aliphatic rings. The molecule has 1 N–H and O–H groups in total. The highest BCUT2D eigenvalue weighted by molar-refractivity contribution is 5.97. The zero-order valence-electron chi connectivity index (χ0n) is 12.9. The Balaban J connectivity index is 1.96. The van der Waals surface area contributed by atoms with Gasteiger partial charge < -0.3 is 15.0 Å². The van der Waals surface area contributed by atoms with Crippen molar-refractivity contribution < 1.29 is 18.3 Å². The number of halogens is 2. The molecule has 0 bridgehead atoms. The highest BCUT2D eigenvalue weighted by Gasteiger charge is 2.23. The van der Waals surface area contributed by atoms with Gasteiger partial charge in [0.15, 0.2) is 0 Å². The predicted molar refractivity (Wildman–Crippen MR) is 80.3 cm³/mol. The first-order valence-electron chi connectivity index (χ1n) is 7.56. The summed E-state index contributed by atoms with van der Waals surface area (Å²) in [6, 6.07) is 6.64. The largest absolute Gasteiger partial charge is 0.434 e. The fraction of sp³-hybridized carbons (Fsp3) is 0.562. The maximum Gasteiger partial charge on any atom is 0.387 e. The predicted octanol–water partition coefficient (Wildman–Crippen LogP) is 2.89. The van der Waals surface area contributed by atoms with Crippen LogP contribution in [0.1, 0.15) is 37.0 Å². The quantitative estimate of drug-likeness (QED) is 0.909. The Labute approximate surface area is 129 Å². The molecule has 4 nitrogen and oxygen atoms in total. The molecule has 0 radical (unpaired) electrons. The number of likely N-dealkylation sites (tertiary alicyclic amines) is 1. The van der Waals surface area contributed by atoms with E-state index in [1.54, 1.807) is 12.1 Å². The Hall–Kier alpha value is -1.69. The van der Waals surface area contributed by atoms with Gasteiger partial charge in [0.2, 0.25) is 0 Å². The fourth-order valence-electron chi connectivity index (χ4n) is 2.68. The number of piperidine rings is 1. The molecule has 0 atom stereocenters. The van der Waals surface area contributed by atoms with Crippen molar-refractivity contribution in [2.24, 2.45) is 0 Å². The molecule has 2 rings (SSSR count). The first-order valence-corrected chi connectivity index (χ1v) is 7.56. The Morgan fingerprint density at radius 3 is 2.50 bits per heavy atom. The first kappa shape index (κ1) is 16.7. The van der Waals surface area contributed by atoms with Crippen LogP contribution in [0, 0.1) is 0 Å². The molecule has 1 aromatic rings. The number of amides is 1. The summed E-state index contributed by atoms with van der Waals surface area (Å²) in [5.74, 6) is -0.450. The van der Waals surface area contributed by atoms with E-state index in [-0.39, 0.29) is 23.3 Å². The van der Waals surface area contributed by atoms with E-state index in [1.165, 1.54) is 12.1 Å². The maximum atomic E-state index is 12.4. The molecule has 22 heavy (non-hydrogen) atoms. The molecule has 1 heterocycles. The first-order chi connectivity index (χ1) is 10.5. The van der Waals surface area contributed by atoms with Crippen molar-refractivity contribution in [2.45, 2.75) is 45.4 Å². The van der Waals surface area contributed by atoms with E-state index in [0.29, 0.717) is 6.04 Å². The van der Waals surface area contributed by atoms with Crippen molar-refractivity contribution in [3.63, 3.8) is 0 Å². The summed E-state index contributed by atoms with van der Waals surface area (Å²) in [4.78, 5) is 14.6. The van der Waals surface area contributed by atoms with E-state index in [9.17, 15) is 13.6 Å². The lowest BCUT2D eigenvalue weighted by molar-refractivity contribution is -0.0501. The molecule has 1 amide bonds. The normalized spacial score (nSPS) is 17.0. The van der Waals surface area contributed by atoms with Gasteiger partial charge in [-0.1, -0.05) is 12.1 Å². The highest BCUT2D eigenvalue weighted by Crippen LogP contribution is 2.21. The standard InChI is InChI=1S/C16H22F2N2O2/c1-11(2)20-9-7-12(8-10-20)19-15(21)13-5-3-4-6-14(13)22-16(17)18/h3-6,11-12,16H,7-10H2,1-2H3,(H,19,21). The van der Waals surface area contributed by atoms with Crippen molar-refractivity contribution in [3.05, 3.63) is 29.8 Å². The summed E-state index contributed by atoms with van der Waals surface area (Å²) in [7, 11) is 0. The van der Waals surface area contributed by atoms with Crippen molar-refractivity contribution in [2.75, 3.05) is 13.1 Å². The van der Waals surface area contributed by atoms with Crippen molar-refractivity contribution in [1.82, 2.24) is 10.2 Å². The topological polar surface area (TPSA) is 41.6 Å². The third kappa shape index (κ3) is 4.40. The lowest BCUT2D eigenvalue weighted by Crippen LogP contribution is -2.46. The van der Waals surface area contributed by atoms with Gasteiger partial charge in [-0.3, -0.25) is 4.79 Å². The molecule has 6 heteroatoms. The number of rotatable bonds is 5. The second-order valence-corrected chi connectivity index (χ2v) is 5.75. The van der Waals surface area contributed by atoms with Crippen molar-refractivity contribution in [3.8, 4) is 5.75 Å². The number of nitrogens with one attached hydrogen (secondary N) is 1. The average Bonchev–Trinajstić information content (AvgIpc) is 2.47. The van der Waals surface area contributed by atoms with Crippen LogP contribution in [0.25, 0.3) is 0 Å². The number of alkyl halides is 2. The van der Waals surface area contributed by atoms with Gasteiger partial charge in [-0.25, -0.2) is 0 Å². The van der Waals surface area contributed by atoms with Gasteiger partial charge in [0.1, 0.15) is 5.75 Å². The molecule has 0 saturated carbocycles. The summed E-state index contributed by atoms with van der Waals surface area (Å²) >= 11 is 0. The average molecular weight is 312 g/mol. The summed E-state index contributed by atoms with van der Waals surface area (Å²) in [6.07, 6.45) is 1.73. The second-order valence-electron chi connectivity index (χ2n) is 5.75. The lowest BCUT2D eigenvalue weighted by atomic mass is 10.0. The van der Waals surface area contributed by atoms with Gasteiger partial charge in [-0.2, -0.15) is 8.78 Å². The molecule has 0 aromatic heterocycles. The van der Waals surface area contributed by atoms with Crippen LogP contribution in [0.5, 0.6) is 5.75 Å². The zero-order valence-corrected chi connectivity index (χ0v) is 12.9. The number of carbonyl (C=O) groups is 1. The third-order valence-corrected chi connectivity index (χ3v) is 3.94. The summed E-state index contributed by atoms with van der Waals surface area (Å²) in [6.45, 7) is 3.21. The summed E-state index contributed by atoms with van der Waals surface area (Å²) < 4.78 is 29.2. The van der Waals surface area contributed by atoms with Crippen LogP contribution in [0.4, 0.5) is 8.78 Å². The number of nitrogens with zero attached hydrogens (tertiary/aromatic N) is 1. The molecule has 1 fully saturated rings. The Kier molecular flexibility index (Phi) is 5.71. The fourth-order valence-corrected chi connectivity index (χ4v) is 2.68. The minimum absolute atomic E-state index is 0.0714. The van der Waals surface area contributed by atoms with Gasteiger partial charge in [0.05, 0.1) is 5.56 Å². The number of para-hydroxylation sites is 1. The number of hydrogen-bond acceptors (Lipinski definition) is 3. The van der Waals surface area contributed by atoms with Gasteiger partial charge in [-0.05, 0) is 38.8 Å². The van der Waals surface area contributed by atoms with Gasteiger partial charge in [0.25, 0.3) is 5.91 Å². The number of hydrogen-bond donors (Lipinski definition) is 1. The number of ether oxygens (including phenoxy) is 1. The van der Waals surface area contributed by atoms with Crippen LogP contribution >= 0.6 is 0 Å². The SMILES string of the molecule is CC(C)N1CCC(NC(=O)c2ccccc2OC(F)F)CC1. The maximum absolute atomic E-state index is 12.4. The Morgan fingerprint density at radius 1 is 1.27 bits per heavy atom. The molecule has 0 spiro atoms. The molecule has 1 aromatic carbocycles. The van der Waals surface area contributed by atoms with E-state index in [4.69, 9.17) is 0 Å². The smallest absolute Gasteiger partial charge is 0.387 e. The van der Waals surface area contributed by atoms with Crippen LogP contribution in [0.15, 0.2) is 24.3 Å². The highest BCUT2D eigenvalue weighted by atomic mass is 19.3. The van der Waals surface area contributed by atoms with Crippen molar-refractivity contribution in [1.29, 1.82) is 0 Å². The van der Waals surface area contributed by atoms with Crippen LogP contribution in [0.2, 0.25) is 0 Å². The van der Waals surface area contributed by atoms with Crippen LogP contribution in [-0.2, 0) is 0 Å². The molecule has 1 saturated heterocycles. The van der Waals surface area contributed by atoms with E-state index in [1.807, 2.05) is 0 Å².